The van der Waals surface area contributed by atoms with Crippen molar-refractivity contribution >= 4 is 22.7 Å². The molecule has 3 rings (SSSR count). The number of nitrogens with one attached hydrogen (secondary N) is 2. The highest BCUT2D eigenvalue weighted by atomic mass is 16.2. The van der Waals surface area contributed by atoms with Gasteiger partial charge in [0.05, 0.1) is 17.2 Å². The van der Waals surface area contributed by atoms with Gasteiger partial charge >= 0.3 is 0 Å². The van der Waals surface area contributed by atoms with Gasteiger partial charge in [-0.3, -0.25) is 19.0 Å². The number of amides is 2. The molecule has 1 fully saturated rings. The molecule has 2 heterocycles. The molecule has 8 heteroatoms. The summed E-state index contributed by atoms with van der Waals surface area (Å²) in [6.07, 6.45) is 4.05. The zero-order valence-corrected chi connectivity index (χ0v) is 15.3. The summed E-state index contributed by atoms with van der Waals surface area (Å²) in [7, 11) is 0. The van der Waals surface area contributed by atoms with Crippen LogP contribution in [0.3, 0.4) is 0 Å². The van der Waals surface area contributed by atoms with Gasteiger partial charge in [-0.25, -0.2) is 4.98 Å². The maximum absolute atomic E-state index is 12.3. The fourth-order valence-electron chi connectivity index (χ4n) is 3.19. The Balaban J connectivity index is 1.39. The second-order valence-electron chi connectivity index (χ2n) is 6.69. The highest BCUT2D eigenvalue weighted by Gasteiger charge is 2.11. The van der Waals surface area contributed by atoms with Crippen molar-refractivity contribution in [2.24, 2.45) is 0 Å². The average Bonchev–Trinajstić information content (AvgIpc) is 3.18. The Morgan fingerprint density at radius 2 is 1.78 bits per heavy atom. The lowest BCUT2D eigenvalue weighted by atomic mass is 10.2. The van der Waals surface area contributed by atoms with E-state index in [4.69, 9.17) is 0 Å². The summed E-state index contributed by atoms with van der Waals surface area (Å²) >= 11 is 0. The molecule has 0 spiro atoms. The molecule has 0 radical (unpaired) electrons. The van der Waals surface area contributed by atoms with Gasteiger partial charge in [0.1, 0.15) is 6.54 Å². The summed E-state index contributed by atoms with van der Waals surface area (Å²) in [6, 6.07) is 7.01. The minimum Gasteiger partial charge on any atom is -0.355 e. The normalized spacial score (nSPS) is 14.4. The molecular weight excluding hydrogens is 346 g/mol. The van der Waals surface area contributed by atoms with E-state index in [0.717, 1.165) is 19.6 Å². The first-order valence-corrected chi connectivity index (χ1v) is 9.33. The van der Waals surface area contributed by atoms with E-state index in [1.807, 2.05) is 6.07 Å². The van der Waals surface area contributed by atoms with E-state index in [-0.39, 0.29) is 36.9 Å². The van der Waals surface area contributed by atoms with Gasteiger partial charge in [-0.2, -0.15) is 0 Å². The molecular formula is C19H25N5O3. The van der Waals surface area contributed by atoms with Crippen LogP contribution in [-0.2, 0) is 16.1 Å². The molecule has 8 nitrogen and oxygen atoms in total. The lowest BCUT2D eigenvalue weighted by Gasteiger charge is -2.14. The molecule has 1 aliphatic heterocycles. The minimum atomic E-state index is -0.320. The maximum Gasteiger partial charge on any atom is 0.261 e. The van der Waals surface area contributed by atoms with Gasteiger partial charge in [0.15, 0.2) is 0 Å². The van der Waals surface area contributed by atoms with Crippen molar-refractivity contribution < 1.29 is 9.59 Å². The lowest BCUT2D eigenvalue weighted by Crippen LogP contribution is -2.37. The van der Waals surface area contributed by atoms with Crippen LogP contribution in [0.2, 0.25) is 0 Å². The molecule has 2 amide bonds. The van der Waals surface area contributed by atoms with Crippen LogP contribution in [0.25, 0.3) is 10.9 Å². The number of rotatable bonds is 8. The fourth-order valence-corrected chi connectivity index (χ4v) is 3.19. The number of carbonyl (C=O) groups excluding carboxylic acids is 2. The topological polar surface area (TPSA) is 96.3 Å². The zero-order valence-electron chi connectivity index (χ0n) is 15.3. The van der Waals surface area contributed by atoms with E-state index in [2.05, 4.69) is 20.5 Å². The molecule has 1 saturated heterocycles. The number of carbonyl (C=O) groups is 2. The quantitative estimate of drug-likeness (QED) is 0.687. The Morgan fingerprint density at radius 3 is 2.59 bits per heavy atom. The number of aromatic nitrogens is 2. The first-order valence-electron chi connectivity index (χ1n) is 9.33. The van der Waals surface area contributed by atoms with Gasteiger partial charge in [0, 0.05) is 26.1 Å². The van der Waals surface area contributed by atoms with Crippen LogP contribution in [0.15, 0.2) is 35.4 Å². The summed E-state index contributed by atoms with van der Waals surface area (Å²) < 4.78 is 1.27. The van der Waals surface area contributed by atoms with Crippen molar-refractivity contribution in [3.05, 3.63) is 40.9 Å². The smallest absolute Gasteiger partial charge is 0.261 e. The first kappa shape index (κ1) is 19.0. The number of hydrogen-bond acceptors (Lipinski definition) is 5. The monoisotopic (exact) mass is 371 g/mol. The van der Waals surface area contributed by atoms with Gasteiger partial charge in [-0.1, -0.05) is 12.1 Å². The molecule has 2 aromatic rings. The van der Waals surface area contributed by atoms with E-state index >= 15 is 0 Å². The second-order valence-corrected chi connectivity index (χ2v) is 6.69. The van der Waals surface area contributed by atoms with Gasteiger partial charge in [-0.05, 0) is 38.1 Å². The van der Waals surface area contributed by atoms with Gasteiger partial charge in [0.25, 0.3) is 5.56 Å². The van der Waals surface area contributed by atoms with Crippen molar-refractivity contribution in [2.45, 2.75) is 25.8 Å². The third kappa shape index (κ3) is 5.37. The molecule has 0 unspecified atom stereocenters. The number of hydrogen-bond donors (Lipinski definition) is 2. The minimum absolute atomic E-state index is 0.0842. The Bertz CT molecular complexity index is 858. The molecule has 27 heavy (non-hydrogen) atoms. The third-order valence-corrected chi connectivity index (χ3v) is 4.67. The van der Waals surface area contributed by atoms with Gasteiger partial charge in [-0.15, -0.1) is 0 Å². The standard InChI is InChI=1S/C19H25N5O3/c25-17(21-9-12-23-10-3-4-11-23)7-8-20-18(26)13-24-14-22-16-6-2-1-5-15(16)19(24)27/h1-2,5-6,14H,3-4,7-13H2,(H,20,26)(H,21,25). The number of para-hydroxylation sites is 1. The van der Waals surface area contributed by atoms with E-state index < -0.39 is 0 Å². The predicted octanol–water partition coefficient (Wildman–Crippen LogP) is 0.115. The first-order chi connectivity index (χ1) is 13.1. The van der Waals surface area contributed by atoms with Gasteiger partial charge < -0.3 is 15.5 Å². The molecule has 144 valence electrons. The van der Waals surface area contributed by atoms with Crippen molar-refractivity contribution in [2.75, 3.05) is 32.7 Å². The summed E-state index contributed by atoms with van der Waals surface area (Å²) in [4.78, 5) is 42.7. The van der Waals surface area contributed by atoms with Crippen molar-refractivity contribution in [1.29, 1.82) is 0 Å². The van der Waals surface area contributed by atoms with Crippen LogP contribution < -0.4 is 16.2 Å². The second kappa shape index (κ2) is 9.27. The zero-order chi connectivity index (χ0) is 19.1. The van der Waals surface area contributed by atoms with E-state index in [1.54, 1.807) is 18.2 Å². The highest BCUT2D eigenvalue weighted by molar-refractivity contribution is 5.80. The molecule has 0 bridgehead atoms. The summed E-state index contributed by atoms with van der Waals surface area (Å²) in [6.45, 7) is 3.84. The largest absolute Gasteiger partial charge is 0.355 e. The molecule has 2 N–H and O–H groups in total. The van der Waals surface area contributed by atoms with Crippen LogP contribution in [0.1, 0.15) is 19.3 Å². The SMILES string of the molecule is O=C(CCNC(=O)Cn1cnc2ccccc2c1=O)NCCN1CCCC1. The van der Waals surface area contributed by atoms with Crippen LogP contribution in [0, 0.1) is 0 Å². The van der Waals surface area contributed by atoms with Crippen LogP contribution in [0.5, 0.6) is 0 Å². The Labute approximate surface area is 157 Å². The van der Waals surface area contributed by atoms with Crippen LogP contribution in [0.4, 0.5) is 0 Å². The number of fused-ring (bicyclic) bond motifs is 1. The number of likely N-dealkylation sites (tertiary alicyclic amines) is 1. The van der Waals surface area contributed by atoms with Gasteiger partial charge in [0.2, 0.25) is 11.8 Å². The Morgan fingerprint density at radius 1 is 1.04 bits per heavy atom. The summed E-state index contributed by atoms with van der Waals surface area (Å²) in [5.74, 6) is -0.405. The maximum atomic E-state index is 12.3. The molecule has 1 aromatic heterocycles. The number of benzene rings is 1. The lowest BCUT2D eigenvalue weighted by molar-refractivity contribution is -0.122. The molecule has 0 aliphatic carbocycles. The predicted molar refractivity (Wildman–Crippen MR) is 102 cm³/mol. The number of nitrogens with zero attached hydrogens (tertiary/aromatic N) is 3. The molecule has 1 aliphatic rings. The fraction of sp³-hybridized carbons (Fsp3) is 0.474. The van der Waals surface area contributed by atoms with Crippen molar-refractivity contribution in [3.8, 4) is 0 Å². The van der Waals surface area contributed by atoms with Crippen LogP contribution in [-0.4, -0.2) is 59.0 Å². The Kier molecular flexibility index (Phi) is 6.54. The van der Waals surface area contributed by atoms with Crippen molar-refractivity contribution in [1.82, 2.24) is 25.1 Å². The van der Waals surface area contributed by atoms with E-state index in [9.17, 15) is 14.4 Å². The Hall–Kier alpha value is -2.74. The van der Waals surface area contributed by atoms with Crippen molar-refractivity contribution in [3.63, 3.8) is 0 Å². The third-order valence-electron chi connectivity index (χ3n) is 4.67. The van der Waals surface area contributed by atoms with E-state index in [0.29, 0.717) is 17.4 Å². The molecule has 0 saturated carbocycles. The summed E-state index contributed by atoms with van der Waals surface area (Å²) in [5.41, 5.74) is 0.347. The van der Waals surface area contributed by atoms with E-state index in [1.165, 1.54) is 23.7 Å². The highest BCUT2D eigenvalue weighted by Crippen LogP contribution is 2.05. The summed E-state index contributed by atoms with van der Waals surface area (Å²) in [5, 5.41) is 6.01. The van der Waals surface area contributed by atoms with Crippen LogP contribution >= 0.6 is 0 Å². The average molecular weight is 371 g/mol. The molecule has 0 atom stereocenters. The molecule has 1 aromatic carbocycles.